The Balaban J connectivity index is 5.16. The summed E-state index contributed by atoms with van der Waals surface area (Å²) in [6, 6.07) is -2.84. The van der Waals surface area contributed by atoms with E-state index >= 15 is 0 Å². The average molecular weight is 1160 g/mol. The molecule has 0 radical (unpaired) electrons. The lowest BCUT2D eigenvalue weighted by molar-refractivity contribution is -0.148. The van der Waals surface area contributed by atoms with Gasteiger partial charge in [-0.25, -0.2) is 18.7 Å². The number of ether oxygens (including phenoxy) is 4. The van der Waals surface area contributed by atoms with Gasteiger partial charge in [-0.05, 0) is 106 Å². The Morgan fingerprint density at radius 2 is 0.887 bits per heavy atom. The first-order valence-electron chi connectivity index (χ1n) is 26.5. The first-order valence-corrected chi connectivity index (χ1v) is 29.5. The van der Waals surface area contributed by atoms with Crippen LogP contribution >= 0.6 is 15.6 Å². The van der Waals surface area contributed by atoms with Gasteiger partial charge in [0.2, 0.25) is 11.8 Å². The minimum Gasteiger partial charge on any atom is -0.462 e. The molecular weight excluding hydrogens is 1080 g/mol. The van der Waals surface area contributed by atoms with Gasteiger partial charge < -0.3 is 50.0 Å². The zero-order valence-corrected chi connectivity index (χ0v) is 48.7. The fraction of sp³-hybridized carbons (Fsp3) is 0.655. The maximum absolute atomic E-state index is 12.7. The highest BCUT2D eigenvalue weighted by atomic mass is 31.2. The van der Waals surface area contributed by atoms with Crippen molar-refractivity contribution in [2.75, 3.05) is 65.9 Å². The quantitative estimate of drug-likeness (QED) is 0.0118. The Morgan fingerprint density at radius 3 is 1.29 bits per heavy atom. The van der Waals surface area contributed by atoms with Crippen LogP contribution in [0.3, 0.4) is 0 Å². The molecule has 0 aromatic carbocycles. The van der Waals surface area contributed by atoms with E-state index in [0.29, 0.717) is 19.3 Å². The summed E-state index contributed by atoms with van der Waals surface area (Å²) in [6.07, 6.45) is 9.81. The highest BCUT2D eigenvalue weighted by molar-refractivity contribution is 7.47. The van der Waals surface area contributed by atoms with E-state index in [1.165, 1.54) is 20.8 Å². The van der Waals surface area contributed by atoms with Crippen LogP contribution in [0.15, 0.2) is 0 Å². The molecular formula is C55H80N4O19P2. The number of ketones is 2. The molecule has 0 rings (SSSR count). The Kier molecular flexibility index (Phi) is 44.2. The van der Waals surface area contributed by atoms with E-state index in [1.807, 2.05) is 0 Å². The minimum absolute atomic E-state index is 0.0233. The molecule has 23 nitrogen and oxygen atoms in total. The first kappa shape index (κ1) is 74.0. The number of carbonyl (C=O) groups is 7. The SMILES string of the molecule is CC#CC#CC#CC#CC#CC#CC(=O)O[C@H](CCCCCCC)CCOC[C@H](COP(=O)(O)OCCNC(=O)NCCOP(=O)(O)OC[C@@H](COCC[C@@H](CCCCCCC)OC(C)=O)NC(=O)CC(C)=O)NC(=O)CC(C)=O. The third-order valence-corrected chi connectivity index (χ3v) is 12.2. The summed E-state index contributed by atoms with van der Waals surface area (Å²) in [6.45, 7) is 6.50. The number of hydrogen-bond acceptors (Lipinski definition) is 17. The lowest BCUT2D eigenvalue weighted by atomic mass is 10.1. The smallest absolute Gasteiger partial charge is 0.462 e. The van der Waals surface area contributed by atoms with Gasteiger partial charge >= 0.3 is 33.6 Å². The predicted octanol–water partition coefficient (Wildman–Crippen LogP) is 4.90. The van der Waals surface area contributed by atoms with Gasteiger partial charge in [-0.3, -0.25) is 42.1 Å². The van der Waals surface area contributed by atoms with Gasteiger partial charge in [0.1, 0.15) is 23.8 Å². The van der Waals surface area contributed by atoms with Crippen molar-refractivity contribution in [3.05, 3.63) is 0 Å². The molecule has 6 atom stereocenters. The van der Waals surface area contributed by atoms with Crippen LogP contribution < -0.4 is 21.3 Å². The van der Waals surface area contributed by atoms with E-state index in [-0.39, 0.29) is 52.0 Å². The summed E-state index contributed by atoms with van der Waals surface area (Å²) in [5.41, 5.74) is 0. The number of rotatable bonds is 44. The van der Waals surface area contributed by atoms with Crippen molar-refractivity contribution in [3.63, 3.8) is 0 Å². The van der Waals surface area contributed by atoms with Crippen LogP contribution in [-0.2, 0) is 74.9 Å². The van der Waals surface area contributed by atoms with Gasteiger partial charge in [0, 0.05) is 38.8 Å². The molecule has 0 spiro atoms. The molecule has 0 aromatic heterocycles. The fourth-order valence-electron chi connectivity index (χ4n) is 6.60. The van der Waals surface area contributed by atoms with Crippen molar-refractivity contribution in [1.29, 1.82) is 0 Å². The molecule has 0 aliphatic carbocycles. The largest absolute Gasteiger partial charge is 0.472 e. The zero-order chi connectivity index (χ0) is 59.7. The van der Waals surface area contributed by atoms with Crippen LogP contribution in [0.1, 0.15) is 144 Å². The number of urea groups is 1. The number of unbranched alkanes of at least 4 members (excludes halogenated alkanes) is 8. The van der Waals surface area contributed by atoms with Gasteiger partial charge in [0.05, 0.1) is 77.8 Å². The summed E-state index contributed by atoms with van der Waals surface area (Å²) < 4.78 is 67.8. The number of carbonyl (C=O) groups excluding carboxylic acids is 7. The summed E-state index contributed by atoms with van der Waals surface area (Å²) in [4.78, 5) is 105. The molecule has 6 N–H and O–H groups in total. The highest BCUT2D eigenvalue weighted by Gasteiger charge is 2.27. The number of hydrogen-bond donors (Lipinski definition) is 6. The zero-order valence-electron chi connectivity index (χ0n) is 46.9. The highest BCUT2D eigenvalue weighted by Crippen LogP contribution is 2.43. The molecule has 4 amide bonds. The molecule has 25 heteroatoms. The number of nitrogens with one attached hydrogen (secondary N) is 4. The van der Waals surface area contributed by atoms with Crippen molar-refractivity contribution in [2.24, 2.45) is 0 Å². The molecule has 0 bridgehead atoms. The average Bonchev–Trinajstić information content (AvgIpc) is 3.38. The van der Waals surface area contributed by atoms with Crippen LogP contribution in [0.4, 0.5) is 4.79 Å². The maximum Gasteiger partial charge on any atom is 0.472 e. The normalized spacial score (nSPS) is 13.2. The molecule has 0 saturated heterocycles. The van der Waals surface area contributed by atoms with E-state index < -0.39 is 114 Å². The monoisotopic (exact) mass is 1160 g/mol. The Hall–Kier alpha value is -6.01. The number of Topliss-reactive ketones (excluding diaryl/α,β-unsaturated/α-hetero) is 2. The van der Waals surface area contributed by atoms with Gasteiger partial charge in [-0.1, -0.05) is 71.1 Å². The lowest BCUT2D eigenvalue weighted by Crippen LogP contribution is -2.42. The fourth-order valence-corrected chi connectivity index (χ4v) is 8.13. The molecule has 444 valence electrons. The molecule has 80 heavy (non-hydrogen) atoms. The van der Waals surface area contributed by atoms with Crippen LogP contribution in [-0.4, -0.2) is 141 Å². The van der Waals surface area contributed by atoms with Crippen molar-refractivity contribution >= 4 is 57.0 Å². The Labute approximate surface area is 471 Å². The van der Waals surface area contributed by atoms with Gasteiger partial charge in [0.15, 0.2) is 0 Å². The predicted molar refractivity (Wildman–Crippen MR) is 295 cm³/mol. The number of phosphoric acid groups is 2. The van der Waals surface area contributed by atoms with Gasteiger partial charge in [-0.15, -0.1) is 0 Å². The third-order valence-electron chi connectivity index (χ3n) is 10.2. The molecule has 0 aliphatic rings. The van der Waals surface area contributed by atoms with E-state index in [1.54, 1.807) is 6.92 Å². The summed E-state index contributed by atoms with van der Waals surface area (Å²) in [7, 11) is -9.54. The van der Waals surface area contributed by atoms with E-state index in [0.717, 1.165) is 64.2 Å². The second-order valence-corrected chi connectivity index (χ2v) is 20.6. The van der Waals surface area contributed by atoms with E-state index in [4.69, 9.17) is 37.0 Å². The van der Waals surface area contributed by atoms with Crippen molar-refractivity contribution in [2.45, 2.75) is 169 Å². The van der Waals surface area contributed by atoms with Crippen LogP contribution in [0, 0.1) is 71.0 Å². The van der Waals surface area contributed by atoms with Crippen LogP contribution in [0.25, 0.3) is 0 Å². The first-order chi connectivity index (χ1) is 38.2. The Morgan fingerprint density at radius 1 is 0.487 bits per heavy atom. The van der Waals surface area contributed by atoms with Crippen LogP contribution in [0.5, 0.6) is 0 Å². The van der Waals surface area contributed by atoms with Gasteiger partial charge in [0.25, 0.3) is 0 Å². The molecule has 0 heterocycles. The van der Waals surface area contributed by atoms with E-state index in [2.05, 4.69) is 106 Å². The van der Waals surface area contributed by atoms with Gasteiger partial charge in [-0.2, -0.15) is 0 Å². The second kappa shape index (κ2) is 47.8. The molecule has 2 unspecified atom stereocenters. The standard InChI is InChI=1S/C55H80N4O19P2/c1-7-10-13-16-17-18-19-20-21-24-27-30-54(65)78-51(29-26-23-15-12-9-3)32-36-72-42-49(59-53(64)40-46(5)61)44-76-80(69,70)74-38-34-57-55(66)56-33-37-73-79(67,68)75-43-48(58-52(63)39-45(4)60)41-71-35-31-50(77-47(6)62)28-25-22-14-11-8-2/h48-51H,8-9,11-12,14-15,22-23,25-26,28-29,31-44H2,1-6H3,(H,58,63)(H,59,64)(H,67,68)(H,69,70)(H2,56,57,66)/t48-,49-,50-,51-/m1/s1. The van der Waals surface area contributed by atoms with E-state index in [9.17, 15) is 52.5 Å². The number of esters is 2. The van der Waals surface area contributed by atoms with Crippen molar-refractivity contribution in [1.82, 2.24) is 21.3 Å². The summed E-state index contributed by atoms with van der Waals surface area (Å²) >= 11 is 0. The second-order valence-electron chi connectivity index (χ2n) is 17.7. The topological polar surface area (TPSA) is 316 Å². The van der Waals surface area contributed by atoms with Crippen molar-refractivity contribution in [3.8, 4) is 71.0 Å². The van der Waals surface area contributed by atoms with Crippen molar-refractivity contribution < 1.29 is 89.5 Å². The Bertz CT molecular complexity index is 2420. The summed E-state index contributed by atoms with van der Waals surface area (Å²) in [5, 5.41) is 9.72. The number of amides is 4. The summed E-state index contributed by atoms with van der Waals surface area (Å²) in [5.74, 6) is 26.2. The molecule has 0 aliphatic heterocycles. The third kappa shape index (κ3) is 47.9. The molecule has 0 fully saturated rings. The minimum atomic E-state index is -4.79. The molecule has 0 saturated carbocycles. The lowest BCUT2D eigenvalue weighted by Gasteiger charge is -2.22. The van der Waals surface area contributed by atoms with Crippen LogP contribution in [0.2, 0.25) is 0 Å². The maximum atomic E-state index is 12.7. The number of phosphoric ester groups is 2. The molecule has 0 aromatic rings.